The van der Waals surface area contributed by atoms with Crippen molar-refractivity contribution in [3.63, 3.8) is 0 Å². The fourth-order valence-corrected chi connectivity index (χ4v) is 6.67. The number of cyclic esters (lactones) is 1. The summed E-state index contributed by atoms with van der Waals surface area (Å²) in [6.45, 7) is 12.3. The molecule has 3 rings (SSSR count). The topological polar surface area (TPSA) is 188 Å². The number of aliphatic carboxylic acids is 1. The highest BCUT2D eigenvalue weighted by molar-refractivity contribution is 5.70. The molecule has 13 nitrogen and oxygen atoms in total. The molecule has 4 unspecified atom stereocenters. The van der Waals surface area contributed by atoms with E-state index in [0.29, 0.717) is 44.5 Å². The molecule has 2 fully saturated rings. The minimum Gasteiger partial charge on any atom is -0.481 e. The number of nitrogens with zero attached hydrogens (tertiary/aromatic N) is 1. The number of carbonyl (C=O) groups excluding carboxylic acids is 2. The van der Waals surface area contributed by atoms with Gasteiger partial charge in [-0.1, -0.05) is 45.1 Å². The van der Waals surface area contributed by atoms with Crippen LogP contribution in [0.3, 0.4) is 0 Å². The van der Waals surface area contributed by atoms with Crippen LogP contribution in [-0.4, -0.2) is 124 Å². The number of allylic oxidation sites excluding steroid dienone is 2. The molecule has 2 saturated heterocycles. The first-order valence-electron chi connectivity index (χ1n) is 17.9. The third-order valence-corrected chi connectivity index (χ3v) is 10.3. The van der Waals surface area contributed by atoms with Crippen LogP contribution in [0.25, 0.3) is 0 Å². The Morgan fingerprint density at radius 1 is 1.30 bits per heavy atom. The number of aliphatic hydroxyl groups excluding tert-OH is 2. The first kappa shape index (κ1) is 41.6. The predicted octanol–water partition coefficient (Wildman–Crippen LogP) is 3.50. The number of carboxylic acids is 1. The normalized spacial score (nSPS) is 34.4. The Morgan fingerprint density at radius 2 is 2.02 bits per heavy atom. The number of epoxide rings is 1. The molecule has 5 N–H and O–H groups in total. The van der Waals surface area contributed by atoms with E-state index in [2.05, 4.69) is 5.32 Å². The Morgan fingerprint density at radius 3 is 2.68 bits per heavy atom. The number of carboxylic acid groups (broad SMARTS) is 1. The van der Waals surface area contributed by atoms with E-state index in [9.17, 15) is 29.7 Å². The van der Waals surface area contributed by atoms with E-state index in [1.165, 1.54) is 7.11 Å². The number of ether oxygens (including phenoxy) is 4. The summed E-state index contributed by atoms with van der Waals surface area (Å²) in [5, 5.41) is 44.3. The number of hydrogen-bond donors (Lipinski definition) is 5. The lowest BCUT2D eigenvalue weighted by Crippen LogP contribution is -2.54. The van der Waals surface area contributed by atoms with Gasteiger partial charge in [0.15, 0.2) is 6.10 Å². The maximum Gasteiger partial charge on any atom is 0.410 e. The maximum atomic E-state index is 13.5. The summed E-state index contributed by atoms with van der Waals surface area (Å²) >= 11 is 0. The van der Waals surface area contributed by atoms with Gasteiger partial charge >= 0.3 is 18.0 Å². The molecule has 11 atom stereocenters. The van der Waals surface area contributed by atoms with E-state index in [4.69, 9.17) is 24.1 Å². The molecule has 13 heteroatoms. The van der Waals surface area contributed by atoms with Crippen molar-refractivity contribution in [3.05, 3.63) is 36.0 Å². The zero-order valence-corrected chi connectivity index (χ0v) is 30.7. The molecule has 0 saturated carbocycles. The molecule has 0 aromatic rings. The monoisotopic (exact) mass is 708 g/mol. The molecular weight excluding hydrogens is 648 g/mol. The highest BCUT2D eigenvalue weighted by Gasteiger charge is 2.47. The summed E-state index contributed by atoms with van der Waals surface area (Å²) in [6, 6.07) is -0.173. The van der Waals surface area contributed by atoms with Crippen LogP contribution in [0.5, 0.6) is 0 Å². The van der Waals surface area contributed by atoms with Crippen LogP contribution in [0.2, 0.25) is 0 Å². The minimum atomic E-state index is -1.17. The summed E-state index contributed by atoms with van der Waals surface area (Å²) in [5.74, 6) is -1.85. The van der Waals surface area contributed by atoms with Crippen LogP contribution in [0, 0.1) is 11.8 Å². The van der Waals surface area contributed by atoms with Crippen LogP contribution in [0.1, 0.15) is 86.5 Å². The van der Waals surface area contributed by atoms with Gasteiger partial charge in [0.2, 0.25) is 0 Å². The Labute approximate surface area is 296 Å². The van der Waals surface area contributed by atoms with E-state index in [0.717, 1.165) is 0 Å². The second-order valence-corrected chi connectivity index (χ2v) is 14.7. The first-order valence-corrected chi connectivity index (χ1v) is 17.9. The average molecular weight is 709 g/mol. The predicted molar refractivity (Wildman–Crippen MR) is 186 cm³/mol. The smallest absolute Gasteiger partial charge is 0.410 e. The van der Waals surface area contributed by atoms with E-state index >= 15 is 0 Å². The zero-order chi connectivity index (χ0) is 37.2. The van der Waals surface area contributed by atoms with Crippen LogP contribution >= 0.6 is 0 Å². The van der Waals surface area contributed by atoms with Gasteiger partial charge in [0.1, 0.15) is 11.7 Å². The lowest BCUT2D eigenvalue weighted by atomic mass is 9.88. The lowest BCUT2D eigenvalue weighted by Gasteiger charge is -2.38. The molecule has 0 bridgehead atoms. The third-order valence-electron chi connectivity index (χ3n) is 10.3. The standard InChI is InChI=1S/C37H60N2O11/c1-8-28(41)25(4)34-29(48-34)21-36(5,46)16-9-10-23(2)33-24(3)11-13-30(37(6,47-7)17-15-27(40)20-32(44)50-33)49-35(45)39-19-18-38-26(22-39)12-14-31(42)43/h9-11,13,16,24-30,33-34,38,40-41,46H,8,12,14-15,17-22H2,1-7H3,(H,42,43)/b13-11+,16-9+,23-10+/t24-,25?,26?,27-,28?,29+,30-,33+,34+,36?,37-/m0/s1. The minimum absolute atomic E-state index is 0.0112. The molecule has 3 aliphatic heterocycles. The van der Waals surface area contributed by atoms with Gasteiger partial charge in [0.05, 0.1) is 36.4 Å². The van der Waals surface area contributed by atoms with Crippen LogP contribution in [0.15, 0.2) is 36.0 Å². The molecule has 284 valence electrons. The number of esters is 1. The number of amides is 1. The fraction of sp³-hybridized carbons (Fsp3) is 0.757. The van der Waals surface area contributed by atoms with Crippen molar-refractivity contribution in [1.82, 2.24) is 10.2 Å². The highest BCUT2D eigenvalue weighted by Crippen LogP contribution is 2.37. The van der Waals surface area contributed by atoms with Gasteiger partial charge in [-0.05, 0) is 58.1 Å². The molecule has 0 aromatic carbocycles. The summed E-state index contributed by atoms with van der Waals surface area (Å²) in [6.07, 6.45) is 6.52. The quantitative estimate of drug-likeness (QED) is 0.0813. The van der Waals surface area contributed by atoms with Gasteiger partial charge in [-0.15, -0.1) is 0 Å². The van der Waals surface area contributed by atoms with Crippen molar-refractivity contribution >= 4 is 18.0 Å². The molecule has 0 aromatic heterocycles. The molecule has 3 heterocycles. The molecule has 50 heavy (non-hydrogen) atoms. The third kappa shape index (κ3) is 12.4. The number of aliphatic hydroxyl groups is 3. The fourth-order valence-electron chi connectivity index (χ4n) is 6.67. The lowest BCUT2D eigenvalue weighted by molar-refractivity contribution is -0.151. The van der Waals surface area contributed by atoms with Gasteiger partial charge < -0.3 is 49.6 Å². The summed E-state index contributed by atoms with van der Waals surface area (Å²) < 4.78 is 23.6. The average Bonchev–Trinajstić information content (AvgIpc) is 3.83. The number of nitrogens with one attached hydrogen (secondary N) is 1. The van der Waals surface area contributed by atoms with Crippen LogP contribution in [-0.2, 0) is 28.5 Å². The molecule has 0 radical (unpaired) electrons. The molecule has 0 spiro atoms. The number of piperazine rings is 1. The largest absolute Gasteiger partial charge is 0.481 e. The van der Waals surface area contributed by atoms with Gasteiger partial charge in [-0.2, -0.15) is 0 Å². The summed E-state index contributed by atoms with van der Waals surface area (Å²) in [4.78, 5) is 39.0. The summed E-state index contributed by atoms with van der Waals surface area (Å²) in [7, 11) is 1.51. The van der Waals surface area contributed by atoms with E-state index in [1.807, 2.05) is 33.8 Å². The van der Waals surface area contributed by atoms with Crippen molar-refractivity contribution in [1.29, 1.82) is 0 Å². The van der Waals surface area contributed by atoms with Gasteiger partial charge in [-0.25, -0.2) is 4.79 Å². The molecular formula is C37H60N2O11. The number of rotatable bonds is 13. The second-order valence-electron chi connectivity index (χ2n) is 14.7. The van der Waals surface area contributed by atoms with Gasteiger partial charge in [0, 0.05) is 57.5 Å². The molecule has 0 aliphatic carbocycles. The maximum absolute atomic E-state index is 13.5. The Balaban J connectivity index is 1.77. The Kier molecular flexibility index (Phi) is 15.5. The SMILES string of the molecule is CCC(O)C(C)[C@H]1O[C@@H]1CC(C)(O)/C=C/C=C(\C)[C@H]1OC(=O)C[C@@H](O)CC[C@](C)(OC)[C@@H](OC(=O)N2CCNC(CCC(=O)O)C2)/C=C/[C@@H]1C. The number of methoxy groups -OCH3 is 1. The number of carbonyl (C=O) groups is 3. The molecule has 3 aliphatic rings. The van der Waals surface area contributed by atoms with E-state index in [-0.39, 0.29) is 55.8 Å². The molecule has 1 amide bonds. The Bertz CT molecular complexity index is 1240. The van der Waals surface area contributed by atoms with Crippen molar-refractivity contribution in [2.24, 2.45) is 11.8 Å². The van der Waals surface area contributed by atoms with Crippen LogP contribution < -0.4 is 5.32 Å². The first-order chi connectivity index (χ1) is 23.5. The van der Waals surface area contributed by atoms with Crippen LogP contribution in [0.4, 0.5) is 4.79 Å². The van der Waals surface area contributed by atoms with Crippen molar-refractivity contribution in [2.45, 2.75) is 140 Å². The van der Waals surface area contributed by atoms with E-state index < -0.39 is 53.6 Å². The van der Waals surface area contributed by atoms with E-state index in [1.54, 1.807) is 43.1 Å². The Hall–Kier alpha value is -2.81. The van der Waals surface area contributed by atoms with Gasteiger partial charge in [0.25, 0.3) is 0 Å². The summed E-state index contributed by atoms with van der Waals surface area (Å²) in [5.41, 5.74) is -1.50. The van der Waals surface area contributed by atoms with Crippen molar-refractivity contribution in [3.8, 4) is 0 Å². The second kappa shape index (κ2) is 18.6. The van der Waals surface area contributed by atoms with Crippen molar-refractivity contribution in [2.75, 3.05) is 26.7 Å². The highest BCUT2D eigenvalue weighted by atomic mass is 16.6. The zero-order valence-electron chi connectivity index (χ0n) is 30.7. The number of hydrogen-bond acceptors (Lipinski definition) is 11. The van der Waals surface area contributed by atoms with Gasteiger partial charge in [-0.3, -0.25) is 9.59 Å². The van der Waals surface area contributed by atoms with Crippen molar-refractivity contribution < 1.29 is 53.8 Å².